The fourth-order valence-corrected chi connectivity index (χ4v) is 1.11. The molecule has 12 heavy (non-hydrogen) atoms. The van der Waals surface area contributed by atoms with Gasteiger partial charge in [0, 0.05) is 16.6 Å². The number of nitro groups is 1. The highest BCUT2D eigenvalue weighted by Gasteiger charge is 2.09. The second-order valence-corrected chi connectivity index (χ2v) is 3.22. The van der Waals surface area contributed by atoms with Gasteiger partial charge in [0.05, 0.1) is 10.6 Å². The average Bonchev–Trinajstić information content (AvgIpc) is 1.99. The molecule has 4 nitrogen and oxygen atoms in total. The molecule has 0 aromatic heterocycles. The normalized spacial score (nSPS) is 9.83. The Balaban J connectivity index is 3.31. The molecule has 0 aliphatic heterocycles. The molecule has 2 N–H and O–H groups in total. The van der Waals surface area contributed by atoms with Crippen molar-refractivity contribution in [1.82, 2.24) is 0 Å². The van der Waals surface area contributed by atoms with Gasteiger partial charge in [-0.05, 0) is 28.4 Å². The average molecular weight is 231 g/mol. The van der Waals surface area contributed by atoms with Crippen LogP contribution in [0.15, 0.2) is 16.6 Å². The molecule has 0 unspecified atom stereocenters. The van der Waals surface area contributed by atoms with E-state index in [9.17, 15) is 10.1 Å². The molecule has 64 valence electrons. The maximum Gasteiger partial charge on any atom is 0.271 e. The Morgan fingerprint density at radius 3 is 2.58 bits per heavy atom. The Morgan fingerprint density at radius 1 is 1.58 bits per heavy atom. The lowest BCUT2D eigenvalue weighted by Gasteiger charge is -2.01. The van der Waals surface area contributed by atoms with Gasteiger partial charge >= 0.3 is 0 Å². The molecule has 0 amide bonds. The molecule has 1 aromatic rings. The van der Waals surface area contributed by atoms with E-state index >= 15 is 0 Å². The Hall–Kier alpha value is -1.10. The summed E-state index contributed by atoms with van der Waals surface area (Å²) in [6.45, 7) is 1.76. The van der Waals surface area contributed by atoms with Gasteiger partial charge in [-0.15, -0.1) is 0 Å². The van der Waals surface area contributed by atoms with Gasteiger partial charge in [-0.2, -0.15) is 0 Å². The van der Waals surface area contributed by atoms with Crippen LogP contribution in [-0.4, -0.2) is 4.92 Å². The van der Waals surface area contributed by atoms with Gasteiger partial charge in [0.2, 0.25) is 0 Å². The Morgan fingerprint density at radius 2 is 2.17 bits per heavy atom. The molecule has 0 saturated carbocycles. The van der Waals surface area contributed by atoms with E-state index in [1.165, 1.54) is 12.1 Å². The number of hydrogen-bond acceptors (Lipinski definition) is 3. The maximum atomic E-state index is 10.4. The minimum atomic E-state index is -0.462. The number of nitrogens with zero attached hydrogens (tertiary/aromatic N) is 1. The zero-order valence-electron chi connectivity index (χ0n) is 6.37. The summed E-state index contributed by atoms with van der Waals surface area (Å²) in [5.41, 5.74) is 6.69. The van der Waals surface area contributed by atoms with Gasteiger partial charge in [0.1, 0.15) is 0 Å². The summed E-state index contributed by atoms with van der Waals surface area (Å²) in [7, 11) is 0. The van der Waals surface area contributed by atoms with Gasteiger partial charge in [0.25, 0.3) is 5.69 Å². The lowest BCUT2D eigenvalue weighted by molar-refractivity contribution is -0.384. The van der Waals surface area contributed by atoms with Crippen molar-refractivity contribution >= 4 is 27.3 Å². The fourth-order valence-electron chi connectivity index (χ4n) is 0.883. The first-order valence-corrected chi connectivity index (χ1v) is 4.01. The largest absolute Gasteiger partial charge is 0.398 e. The zero-order valence-corrected chi connectivity index (χ0v) is 7.96. The minimum Gasteiger partial charge on any atom is -0.398 e. The number of nitrogen functional groups attached to an aromatic ring is 1. The van der Waals surface area contributed by atoms with Crippen LogP contribution in [0.4, 0.5) is 11.4 Å². The van der Waals surface area contributed by atoms with Crippen LogP contribution in [0.25, 0.3) is 0 Å². The lowest BCUT2D eigenvalue weighted by Crippen LogP contribution is -1.94. The van der Waals surface area contributed by atoms with Crippen molar-refractivity contribution in [3.05, 3.63) is 32.3 Å². The third-order valence-corrected chi connectivity index (χ3v) is 2.56. The summed E-state index contributed by atoms with van der Waals surface area (Å²) in [6, 6.07) is 2.80. The lowest BCUT2D eigenvalue weighted by atomic mass is 10.2. The summed E-state index contributed by atoms with van der Waals surface area (Å²) in [4.78, 5) is 9.89. The summed E-state index contributed by atoms with van der Waals surface area (Å²) in [5, 5.41) is 10.4. The highest BCUT2D eigenvalue weighted by atomic mass is 79.9. The van der Waals surface area contributed by atoms with Crippen molar-refractivity contribution in [1.29, 1.82) is 0 Å². The molecule has 0 saturated heterocycles. The van der Waals surface area contributed by atoms with E-state index in [1.54, 1.807) is 6.92 Å². The maximum absolute atomic E-state index is 10.4. The minimum absolute atomic E-state index is 0.0215. The summed E-state index contributed by atoms with van der Waals surface area (Å²) >= 11 is 3.21. The van der Waals surface area contributed by atoms with E-state index in [1.807, 2.05) is 0 Å². The molecule has 5 heteroatoms. The molecular weight excluding hydrogens is 224 g/mol. The number of nitrogens with two attached hydrogens (primary N) is 1. The first-order chi connectivity index (χ1) is 5.52. The van der Waals surface area contributed by atoms with Crippen LogP contribution in [0, 0.1) is 17.0 Å². The summed E-state index contributed by atoms with van der Waals surface area (Å²) in [6.07, 6.45) is 0. The highest BCUT2D eigenvalue weighted by molar-refractivity contribution is 9.10. The third kappa shape index (κ3) is 1.55. The van der Waals surface area contributed by atoms with Crippen molar-refractivity contribution in [2.75, 3.05) is 5.73 Å². The predicted molar refractivity (Wildman–Crippen MR) is 49.9 cm³/mol. The molecular formula is C7H7BrN2O2. The number of anilines is 1. The second kappa shape index (κ2) is 3.10. The Labute approximate surface area is 77.7 Å². The first-order valence-electron chi connectivity index (χ1n) is 3.22. The van der Waals surface area contributed by atoms with Gasteiger partial charge in [0.15, 0.2) is 0 Å². The smallest absolute Gasteiger partial charge is 0.271 e. The number of benzene rings is 1. The molecule has 0 spiro atoms. The van der Waals surface area contributed by atoms with Gasteiger partial charge in [-0.3, -0.25) is 10.1 Å². The van der Waals surface area contributed by atoms with Crippen LogP contribution in [-0.2, 0) is 0 Å². The Kier molecular flexibility index (Phi) is 2.32. The molecule has 0 heterocycles. The molecule has 0 bridgehead atoms. The summed E-state index contributed by atoms with van der Waals surface area (Å²) < 4.78 is 0.716. The topological polar surface area (TPSA) is 69.2 Å². The number of non-ortho nitro benzene ring substituents is 1. The number of hydrogen-bond donors (Lipinski definition) is 1. The number of halogens is 1. The fraction of sp³-hybridized carbons (Fsp3) is 0.143. The highest BCUT2D eigenvalue weighted by Crippen LogP contribution is 2.28. The number of rotatable bonds is 1. The SMILES string of the molecule is Cc1cc([N+](=O)[O-])cc(N)c1Br. The molecule has 0 aliphatic carbocycles. The van der Waals surface area contributed by atoms with Crippen LogP contribution < -0.4 is 5.73 Å². The van der Waals surface area contributed by atoms with E-state index in [2.05, 4.69) is 15.9 Å². The first kappa shape index (κ1) is 8.99. The van der Waals surface area contributed by atoms with Gasteiger partial charge < -0.3 is 5.73 Å². The van der Waals surface area contributed by atoms with E-state index in [0.29, 0.717) is 10.2 Å². The molecule has 1 rings (SSSR count). The Bertz CT molecular complexity index is 315. The summed E-state index contributed by atoms with van der Waals surface area (Å²) in [5.74, 6) is 0. The molecule has 0 radical (unpaired) electrons. The van der Waals surface area contributed by atoms with Gasteiger partial charge in [-0.25, -0.2) is 0 Å². The van der Waals surface area contributed by atoms with Crippen LogP contribution in [0.2, 0.25) is 0 Å². The van der Waals surface area contributed by atoms with Crippen LogP contribution in [0.5, 0.6) is 0 Å². The predicted octanol–water partition coefficient (Wildman–Crippen LogP) is 2.25. The van der Waals surface area contributed by atoms with E-state index in [-0.39, 0.29) is 5.69 Å². The monoisotopic (exact) mass is 230 g/mol. The number of nitro benzene ring substituents is 1. The standard InChI is InChI=1S/C7H7BrN2O2/c1-4-2-5(10(11)12)3-6(9)7(4)8/h2-3H,9H2,1H3. The van der Waals surface area contributed by atoms with Crippen LogP contribution in [0.3, 0.4) is 0 Å². The van der Waals surface area contributed by atoms with Crippen molar-refractivity contribution in [3.8, 4) is 0 Å². The zero-order chi connectivity index (χ0) is 9.30. The van der Waals surface area contributed by atoms with Crippen molar-refractivity contribution in [3.63, 3.8) is 0 Å². The van der Waals surface area contributed by atoms with E-state index < -0.39 is 4.92 Å². The van der Waals surface area contributed by atoms with Crippen molar-refractivity contribution in [2.24, 2.45) is 0 Å². The van der Waals surface area contributed by atoms with Gasteiger partial charge in [-0.1, -0.05) is 0 Å². The van der Waals surface area contributed by atoms with Crippen molar-refractivity contribution < 1.29 is 4.92 Å². The molecule has 0 atom stereocenters. The van der Waals surface area contributed by atoms with Crippen molar-refractivity contribution in [2.45, 2.75) is 6.92 Å². The molecule has 1 aromatic carbocycles. The number of aryl methyl sites for hydroxylation is 1. The van der Waals surface area contributed by atoms with Crippen LogP contribution >= 0.6 is 15.9 Å². The quantitative estimate of drug-likeness (QED) is 0.457. The second-order valence-electron chi connectivity index (χ2n) is 2.42. The van der Waals surface area contributed by atoms with E-state index in [0.717, 1.165) is 5.56 Å². The van der Waals surface area contributed by atoms with Crippen LogP contribution in [0.1, 0.15) is 5.56 Å². The van der Waals surface area contributed by atoms with E-state index in [4.69, 9.17) is 5.73 Å². The molecule has 0 fully saturated rings. The third-order valence-electron chi connectivity index (χ3n) is 1.48. The molecule has 0 aliphatic rings.